The second-order valence-corrected chi connectivity index (χ2v) is 4.09. The average Bonchev–Trinajstić information content (AvgIpc) is 2.64. The van der Waals surface area contributed by atoms with Crippen molar-refractivity contribution in [2.45, 2.75) is 25.7 Å². The van der Waals surface area contributed by atoms with Crippen LogP contribution in [0.2, 0.25) is 0 Å². The predicted octanol–water partition coefficient (Wildman–Crippen LogP) is 1.82. The second-order valence-electron chi connectivity index (χ2n) is 4.09. The molecule has 5 nitrogen and oxygen atoms in total. The number of H-pyrrole nitrogens is 2. The van der Waals surface area contributed by atoms with Gasteiger partial charge in [-0.25, -0.2) is 4.79 Å². The van der Waals surface area contributed by atoms with Gasteiger partial charge in [0, 0.05) is 0 Å². The Kier molecular flexibility index (Phi) is 2.99. The van der Waals surface area contributed by atoms with Crippen molar-refractivity contribution in [3.8, 4) is 0 Å². The van der Waals surface area contributed by atoms with Gasteiger partial charge in [0.25, 0.3) is 0 Å². The number of rotatable bonds is 4. The average molecular weight is 234 g/mol. The molecule has 0 aliphatic carbocycles. The minimum absolute atomic E-state index is 0.0182. The largest absolute Gasteiger partial charge is 0.481 e. The lowest BCUT2D eigenvalue weighted by atomic mass is 9.93. The number of fused-ring (bicyclic) bond motifs is 1. The molecule has 1 atom stereocenters. The van der Waals surface area contributed by atoms with Gasteiger partial charge in [0.1, 0.15) is 0 Å². The van der Waals surface area contributed by atoms with Crippen molar-refractivity contribution in [2.75, 3.05) is 0 Å². The van der Waals surface area contributed by atoms with Crippen LogP contribution >= 0.6 is 0 Å². The maximum absolute atomic E-state index is 11.1. The molecule has 0 aliphatic rings. The predicted molar refractivity (Wildman–Crippen MR) is 64.2 cm³/mol. The maximum Gasteiger partial charge on any atom is 0.323 e. The lowest BCUT2D eigenvalue weighted by Gasteiger charge is -2.12. The van der Waals surface area contributed by atoms with Gasteiger partial charge in [0.05, 0.1) is 17.5 Å². The number of carbonyl (C=O) groups is 1. The molecule has 3 N–H and O–H groups in total. The summed E-state index contributed by atoms with van der Waals surface area (Å²) in [6.07, 6.45) is 0.864. The van der Waals surface area contributed by atoms with Gasteiger partial charge < -0.3 is 15.1 Å². The number of aromatic amines is 2. The molecule has 0 spiro atoms. The zero-order chi connectivity index (χ0) is 12.4. The molecule has 5 heteroatoms. The summed E-state index contributed by atoms with van der Waals surface area (Å²) in [5.74, 6) is -0.824. The van der Waals surface area contributed by atoms with Crippen molar-refractivity contribution in [1.29, 1.82) is 0 Å². The lowest BCUT2D eigenvalue weighted by molar-refractivity contribution is -0.137. The van der Waals surface area contributed by atoms with Crippen molar-refractivity contribution in [2.24, 2.45) is 0 Å². The summed E-state index contributed by atoms with van der Waals surface area (Å²) < 4.78 is 0. The summed E-state index contributed by atoms with van der Waals surface area (Å²) >= 11 is 0. The van der Waals surface area contributed by atoms with Crippen LogP contribution in [0.5, 0.6) is 0 Å². The Morgan fingerprint density at radius 2 is 2.06 bits per heavy atom. The quantitative estimate of drug-likeness (QED) is 0.754. The van der Waals surface area contributed by atoms with Crippen LogP contribution in [0.25, 0.3) is 11.0 Å². The van der Waals surface area contributed by atoms with E-state index in [2.05, 4.69) is 9.97 Å². The molecular weight excluding hydrogens is 220 g/mol. The standard InChI is InChI=1S/C12H14N2O3/c1-2-7(6-11(15)16)8-3-4-9-10(5-8)14-12(17)13-9/h3-5,7H,2,6H2,1H3,(H,15,16)(H2,13,14,17). The molecule has 1 aromatic carbocycles. The van der Waals surface area contributed by atoms with Gasteiger partial charge in [-0.05, 0) is 30.0 Å². The molecule has 90 valence electrons. The first-order chi connectivity index (χ1) is 8.10. The molecule has 0 bridgehead atoms. The van der Waals surface area contributed by atoms with Gasteiger partial charge in [0.2, 0.25) is 0 Å². The molecular formula is C12H14N2O3. The van der Waals surface area contributed by atoms with Gasteiger partial charge in [0.15, 0.2) is 0 Å². The summed E-state index contributed by atoms with van der Waals surface area (Å²) in [5.41, 5.74) is 2.15. The van der Waals surface area contributed by atoms with E-state index in [1.807, 2.05) is 19.1 Å². The molecule has 0 fully saturated rings. The molecule has 0 saturated heterocycles. The number of carboxylic acids is 1. The van der Waals surface area contributed by atoms with Gasteiger partial charge in [-0.2, -0.15) is 0 Å². The highest BCUT2D eigenvalue weighted by Crippen LogP contribution is 2.25. The Hall–Kier alpha value is -2.04. The van der Waals surface area contributed by atoms with E-state index in [0.29, 0.717) is 0 Å². The van der Waals surface area contributed by atoms with Gasteiger partial charge in [-0.3, -0.25) is 4.79 Å². The first-order valence-electron chi connectivity index (χ1n) is 5.54. The number of carboxylic acid groups (broad SMARTS) is 1. The minimum atomic E-state index is -0.806. The van der Waals surface area contributed by atoms with E-state index in [-0.39, 0.29) is 18.0 Å². The van der Waals surface area contributed by atoms with E-state index >= 15 is 0 Å². The van der Waals surface area contributed by atoms with Crippen LogP contribution in [0.4, 0.5) is 0 Å². The first-order valence-corrected chi connectivity index (χ1v) is 5.54. The molecule has 0 amide bonds. The van der Waals surface area contributed by atoms with Gasteiger partial charge in [-0.15, -0.1) is 0 Å². The molecule has 1 heterocycles. The highest BCUT2D eigenvalue weighted by Gasteiger charge is 2.14. The fraction of sp³-hybridized carbons (Fsp3) is 0.333. The summed E-state index contributed by atoms with van der Waals surface area (Å²) in [7, 11) is 0. The van der Waals surface area contributed by atoms with Crippen LogP contribution in [0, 0.1) is 0 Å². The van der Waals surface area contributed by atoms with Crippen LogP contribution in [-0.2, 0) is 4.79 Å². The van der Waals surface area contributed by atoms with E-state index in [1.165, 1.54) is 0 Å². The SMILES string of the molecule is CCC(CC(=O)O)c1ccc2[nH]c(=O)[nH]c2c1. The maximum atomic E-state index is 11.1. The molecule has 17 heavy (non-hydrogen) atoms. The van der Waals surface area contributed by atoms with E-state index in [9.17, 15) is 9.59 Å². The molecule has 0 aliphatic heterocycles. The van der Waals surface area contributed by atoms with Crippen LogP contribution < -0.4 is 5.69 Å². The third-order valence-electron chi connectivity index (χ3n) is 2.93. The van der Waals surface area contributed by atoms with Gasteiger partial charge >= 0.3 is 11.7 Å². The smallest absolute Gasteiger partial charge is 0.323 e. The van der Waals surface area contributed by atoms with Crippen LogP contribution in [0.1, 0.15) is 31.2 Å². The summed E-state index contributed by atoms with van der Waals surface area (Å²) in [6.45, 7) is 1.96. The van der Waals surface area contributed by atoms with Gasteiger partial charge in [-0.1, -0.05) is 13.0 Å². The van der Waals surface area contributed by atoms with E-state index < -0.39 is 5.97 Å². The number of nitrogens with one attached hydrogen (secondary N) is 2. The Bertz CT molecular complexity index is 597. The molecule has 0 radical (unpaired) electrons. The van der Waals surface area contributed by atoms with Crippen molar-refractivity contribution in [3.63, 3.8) is 0 Å². The number of hydrogen-bond donors (Lipinski definition) is 3. The zero-order valence-electron chi connectivity index (χ0n) is 9.49. The highest BCUT2D eigenvalue weighted by molar-refractivity contribution is 5.75. The Morgan fingerprint density at radius 3 is 2.71 bits per heavy atom. The molecule has 1 aromatic heterocycles. The van der Waals surface area contributed by atoms with E-state index in [1.54, 1.807) is 6.07 Å². The number of imidazole rings is 1. The van der Waals surface area contributed by atoms with Crippen molar-refractivity contribution >= 4 is 17.0 Å². The highest BCUT2D eigenvalue weighted by atomic mass is 16.4. The fourth-order valence-electron chi connectivity index (χ4n) is 2.01. The van der Waals surface area contributed by atoms with Crippen LogP contribution in [-0.4, -0.2) is 21.0 Å². The van der Waals surface area contributed by atoms with E-state index in [0.717, 1.165) is 23.0 Å². The third kappa shape index (κ3) is 2.38. The number of benzene rings is 1. The van der Waals surface area contributed by atoms with E-state index in [4.69, 9.17) is 5.11 Å². The van der Waals surface area contributed by atoms with Crippen molar-refractivity contribution in [3.05, 3.63) is 34.2 Å². The Balaban J connectivity index is 2.39. The zero-order valence-corrected chi connectivity index (χ0v) is 9.49. The number of hydrogen-bond acceptors (Lipinski definition) is 2. The topological polar surface area (TPSA) is 85.9 Å². The molecule has 1 unspecified atom stereocenters. The lowest BCUT2D eigenvalue weighted by Crippen LogP contribution is -2.05. The molecule has 2 rings (SSSR count). The molecule has 0 saturated carbocycles. The summed E-state index contributed by atoms with van der Waals surface area (Å²) in [4.78, 5) is 27.2. The molecule has 2 aromatic rings. The summed E-state index contributed by atoms with van der Waals surface area (Å²) in [5, 5.41) is 8.83. The monoisotopic (exact) mass is 234 g/mol. The Labute approximate surface area is 97.5 Å². The second kappa shape index (κ2) is 4.45. The third-order valence-corrected chi connectivity index (χ3v) is 2.93. The Morgan fingerprint density at radius 1 is 1.35 bits per heavy atom. The van der Waals surface area contributed by atoms with Crippen LogP contribution in [0.15, 0.2) is 23.0 Å². The first kappa shape index (κ1) is 11.4. The minimum Gasteiger partial charge on any atom is -0.481 e. The number of aliphatic carboxylic acids is 1. The number of aromatic nitrogens is 2. The normalized spacial score (nSPS) is 12.8. The van der Waals surface area contributed by atoms with Crippen molar-refractivity contribution in [1.82, 2.24) is 9.97 Å². The van der Waals surface area contributed by atoms with Crippen molar-refractivity contribution < 1.29 is 9.90 Å². The fourth-order valence-corrected chi connectivity index (χ4v) is 2.01. The summed E-state index contributed by atoms with van der Waals surface area (Å²) in [6, 6.07) is 5.50. The van der Waals surface area contributed by atoms with Crippen LogP contribution in [0.3, 0.4) is 0 Å².